The Morgan fingerprint density at radius 2 is 2.00 bits per heavy atom. The lowest BCUT2D eigenvalue weighted by molar-refractivity contribution is -0.117. The summed E-state index contributed by atoms with van der Waals surface area (Å²) in [5.74, 6) is -0.168. The second-order valence-electron chi connectivity index (χ2n) is 6.37. The van der Waals surface area contributed by atoms with E-state index < -0.39 is 0 Å². The quantitative estimate of drug-likeness (QED) is 0.666. The van der Waals surface area contributed by atoms with Crippen molar-refractivity contribution in [3.8, 4) is 0 Å². The molecule has 1 atom stereocenters. The number of para-hydroxylation sites is 1. The minimum Gasteiger partial charge on any atom is -0.407 e. The Morgan fingerprint density at radius 1 is 1.18 bits per heavy atom. The van der Waals surface area contributed by atoms with E-state index in [-0.39, 0.29) is 23.7 Å². The number of nitrogens with zero attached hydrogens (tertiary/aromatic N) is 3. The smallest absolute Gasteiger partial charge is 0.322 e. The van der Waals surface area contributed by atoms with Crippen molar-refractivity contribution in [2.45, 2.75) is 17.2 Å². The molecule has 1 saturated heterocycles. The van der Waals surface area contributed by atoms with Crippen LogP contribution in [0.1, 0.15) is 28.6 Å². The average molecular weight is 394 g/mol. The van der Waals surface area contributed by atoms with Crippen molar-refractivity contribution in [3.63, 3.8) is 0 Å². The lowest BCUT2D eigenvalue weighted by Gasteiger charge is -2.15. The van der Waals surface area contributed by atoms with Gasteiger partial charge in [0.1, 0.15) is 0 Å². The van der Waals surface area contributed by atoms with Crippen LogP contribution in [0.3, 0.4) is 0 Å². The van der Waals surface area contributed by atoms with Gasteiger partial charge < -0.3 is 9.32 Å². The summed E-state index contributed by atoms with van der Waals surface area (Å²) < 4.78 is 5.61. The SMILES string of the molecule is CSc1cccc(C(=O)Nc2nnc(C3CC(=O)N(c4ccccc4)C3)o2)c1. The molecule has 1 aromatic heterocycles. The molecule has 1 aliphatic heterocycles. The Balaban J connectivity index is 1.44. The molecular weight excluding hydrogens is 376 g/mol. The molecule has 1 aliphatic rings. The number of anilines is 2. The van der Waals surface area contributed by atoms with Crippen LogP contribution in [0.25, 0.3) is 0 Å². The first-order chi connectivity index (χ1) is 13.6. The molecule has 7 nitrogen and oxygen atoms in total. The predicted molar refractivity (Wildman–Crippen MR) is 107 cm³/mol. The van der Waals surface area contributed by atoms with Crippen LogP contribution in [0.4, 0.5) is 11.7 Å². The van der Waals surface area contributed by atoms with E-state index in [1.54, 1.807) is 28.8 Å². The van der Waals surface area contributed by atoms with E-state index in [4.69, 9.17) is 4.42 Å². The van der Waals surface area contributed by atoms with Crippen LogP contribution in [0.2, 0.25) is 0 Å². The molecule has 0 aliphatic carbocycles. The number of hydrogen-bond donors (Lipinski definition) is 1. The van der Waals surface area contributed by atoms with E-state index in [0.717, 1.165) is 10.6 Å². The van der Waals surface area contributed by atoms with Gasteiger partial charge in [-0.1, -0.05) is 29.4 Å². The summed E-state index contributed by atoms with van der Waals surface area (Å²) >= 11 is 1.56. The first-order valence-electron chi connectivity index (χ1n) is 8.78. The number of rotatable bonds is 5. The molecule has 2 amide bonds. The number of carbonyl (C=O) groups excluding carboxylic acids is 2. The highest BCUT2D eigenvalue weighted by atomic mass is 32.2. The Hall–Kier alpha value is -3.13. The van der Waals surface area contributed by atoms with E-state index in [0.29, 0.717) is 24.4 Å². The van der Waals surface area contributed by atoms with Crippen LogP contribution >= 0.6 is 11.8 Å². The molecule has 1 unspecified atom stereocenters. The Labute approximate surface area is 166 Å². The van der Waals surface area contributed by atoms with Gasteiger partial charge in [0, 0.05) is 29.1 Å². The first kappa shape index (κ1) is 18.2. The third-order valence-electron chi connectivity index (χ3n) is 4.54. The molecule has 8 heteroatoms. The molecule has 0 bridgehead atoms. The maximum absolute atomic E-state index is 12.4. The lowest BCUT2D eigenvalue weighted by atomic mass is 10.1. The molecule has 3 aromatic rings. The zero-order chi connectivity index (χ0) is 19.5. The van der Waals surface area contributed by atoms with Crippen LogP contribution in [0.15, 0.2) is 63.9 Å². The zero-order valence-electron chi connectivity index (χ0n) is 15.2. The van der Waals surface area contributed by atoms with Gasteiger partial charge in [-0.25, -0.2) is 0 Å². The summed E-state index contributed by atoms with van der Waals surface area (Å²) in [6, 6.07) is 16.8. The van der Waals surface area contributed by atoms with Gasteiger partial charge >= 0.3 is 6.01 Å². The van der Waals surface area contributed by atoms with Gasteiger partial charge in [0.05, 0.1) is 5.92 Å². The molecule has 4 rings (SSSR count). The van der Waals surface area contributed by atoms with E-state index in [2.05, 4.69) is 15.5 Å². The highest BCUT2D eigenvalue weighted by molar-refractivity contribution is 7.98. The van der Waals surface area contributed by atoms with E-state index >= 15 is 0 Å². The van der Waals surface area contributed by atoms with Gasteiger partial charge in [-0.3, -0.25) is 14.9 Å². The predicted octanol–water partition coefficient (Wildman–Crippen LogP) is 3.56. The van der Waals surface area contributed by atoms with Gasteiger partial charge in [-0.2, -0.15) is 0 Å². The van der Waals surface area contributed by atoms with Crippen LogP contribution < -0.4 is 10.2 Å². The zero-order valence-corrected chi connectivity index (χ0v) is 16.0. The number of carbonyl (C=O) groups is 2. The summed E-state index contributed by atoms with van der Waals surface area (Å²) in [5.41, 5.74) is 1.36. The third kappa shape index (κ3) is 3.77. The van der Waals surface area contributed by atoms with Crippen LogP contribution in [-0.4, -0.2) is 34.8 Å². The van der Waals surface area contributed by atoms with Crippen LogP contribution in [0, 0.1) is 0 Å². The van der Waals surface area contributed by atoms with Gasteiger partial charge in [0.15, 0.2) is 0 Å². The molecular formula is C20H18N4O3S. The second-order valence-corrected chi connectivity index (χ2v) is 7.25. The first-order valence-corrected chi connectivity index (χ1v) is 10.0. The van der Waals surface area contributed by atoms with Crippen molar-refractivity contribution in [3.05, 3.63) is 66.1 Å². The summed E-state index contributed by atoms with van der Waals surface area (Å²) in [7, 11) is 0. The molecule has 28 heavy (non-hydrogen) atoms. The second kappa shape index (κ2) is 7.85. The van der Waals surface area contributed by atoms with Gasteiger partial charge in [0.25, 0.3) is 5.91 Å². The number of hydrogen-bond acceptors (Lipinski definition) is 6. The van der Waals surface area contributed by atoms with Crippen molar-refractivity contribution in [1.29, 1.82) is 0 Å². The number of aromatic nitrogens is 2. The maximum Gasteiger partial charge on any atom is 0.322 e. The Bertz CT molecular complexity index is 1010. The molecule has 1 N–H and O–H groups in total. The minimum absolute atomic E-state index is 0.00821. The van der Waals surface area contributed by atoms with Crippen LogP contribution in [-0.2, 0) is 4.79 Å². The molecule has 2 aromatic carbocycles. The maximum atomic E-state index is 12.4. The van der Waals surface area contributed by atoms with Crippen molar-refractivity contribution in [1.82, 2.24) is 10.2 Å². The van der Waals surface area contributed by atoms with E-state index in [1.165, 1.54) is 0 Å². The lowest BCUT2D eigenvalue weighted by Crippen LogP contribution is -2.24. The molecule has 0 saturated carbocycles. The summed E-state index contributed by atoms with van der Waals surface area (Å²) in [4.78, 5) is 27.4. The van der Waals surface area contributed by atoms with E-state index in [1.807, 2.05) is 48.7 Å². The summed E-state index contributed by atoms with van der Waals surface area (Å²) in [6.07, 6.45) is 2.24. The van der Waals surface area contributed by atoms with Gasteiger partial charge in [-0.05, 0) is 36.6 Å². The summed E-state index contributed by atoms with van der Waals surface area (Å²) in [5, 5.41) is 10.6. The number of benzene rings is 2. The Morgan fingerprint density at radius 3 is 2.79 bits per heavy atom. The fourth-order valence-corrected chi connectivity index (χ4v) is 3.57. The topological polar surface area (TPSA) is 88.3 Å². The van der Waals surface area contributed by atoms with Crippen molar-refractivity contribution >= 4 is 35.3 Å². The molecule has 142 valence electrons. The summed E-state index contributed by atoms with van der Waals surface area (Å²) in [6.45, 7) is 0.466. The number of amides is 2. The minimum atomic E-state index is -0.320. The van der Waals surface area contributed by atoms with Crippen LogP contribution in [0.5, 0.6) is 0 Å². The standard InChI is InChI=1S/C20H18N4O3S/c1-28-16-9-5-6-13(10-16)18(26)21-20-23-22-19(27-20)14-11-17(25)24(12-14)15-7-3-2-4-8-15/h2-10,14H,11-12H2,1H3,(H,21,23,26). The monoisotopic (exact) mass is 394 g/mol. The molecule has 2 heterocycles. The molecule has 0 spiro atoms. The normalized spacial score (nSPS) is 16.4. The molecule has 0 radical (unpaired) electrons. The average Bonchev–Trinajstić information content (AvgIpc) is 3.35. The fraction of sp³-hybridized carbons (Fsp3) is 0.200. The Kier molecular flexibility index (Phi) is 5.12. The van der Waals surface area contributed by atoms with Crippen molar-refractivity contribution in [2.75, 3.05) is 23.0 Å². The highest BCUT2D eigenvalue weighted by Gasteiger charge is 2.35. The highest BCUT2D eigenvalue weighted by Crippen LogP contribution is 2.31. The van der Waals surface area contributed by atoms with Gasteiger partial charge in [-0.15, -0.1) is 16.9 Å². The van der Waals surface area contributed by atoms with Gasteiger partial charge in [0.2, 0.25) is 11.8 Å². The van der Waals surface area contributed by atoms with E-state index in [9.17, 15) is 9.59 Å². The largest absolute Gasteiger partial charge is 0.407 e. The third-order valence-corrected chi connectivity index (χ3v) is 5.26. The molecule has 1 fully saturated rings. The van der Waals surface area contributed by atoms with Crippen molar-refractivity contribution < 1.29 is 14.0 Å². The fourth-order valence-electron chi connectivity index (χ4n) is 3.11. The number of thioether (sulfide) groups is 1. The van der Waals surface area contributed by atoms with Crippen molar-refractivity contribution in [2.24, 2.45) is 0 Å². The number of nitrogens with one attached hydrogen (secondary N) is 1.